The van der Waals surface area contributed by atoms with Gasteiger partial charge in [-0.15, -0.1) is 0 Å². The van der Waals surface area contributed by atoms with Crippen molar-refractivity contribution in [3.63, 3.8) is 0 Å². The summed E-state index contributed by atoms with van der Waals surface area (Å²) < 4.78 is 0. The van der Waals surface area contributed by atoms with Gasteiger partial charge in [-0.1, -0.05) is 48.5 Å². The highest BCUT2D eigenvalue weighted by Gasteiger charge is 2.28. The van der Waals surface area contributed by atoms with Crippen molar-refractivity contribution in [1.29, 1.82) is 0 Å². The Morgan fingerprint density at radius 2 is 1.60 bits per heavy atom. The molecule has 1 aromatic heterocycles. The molecule has 4 heteroatoms. The number of piperidine rings is 1. The van der Waals surface area contributed by atoms with E-state index in [1.54, 1.807) is 0 Å². The average molecular weight is 400 g/mol. The molecule has 0 unspecified atom stereocenters. The number of aromatic nitrogens is 1. The summed E-state index contributed by atoms with van der Waals surface area (Å²) in [6.07, 6.45) is 5.60. The van der Waals surface area contributed by atoms with Crippen LogP contribution >= 0.6 is 0 Å². The third kappa shape index (κ3) is 3.91. The molecule has 3 heterocycles. The van der Waals surface area contributed by atoms with Gasteiger partial charge >= 0.3 is 0 Å². The van der Waals surface area contributed by atoms with Crippen molar-refractivity contribution in [3.8, 4) is 0 Å². The zero-order chi connectivity index (χ0) is 20.3. The van der Waals surface area contributed by atoms with Gasteiger partial charge in [0.1, 0.15) is 5.82 Å². The van der Waals surface area contributed by atoms with Crippen LogP contribution in [0.3, 0.4) is 0 Å². The van der Waals surface area contributed by atoms with E-state index in [9.17, 15) is 4.79 Å². The molecule has 0 aliphatic carbocycles. The van der Waals surface area contributed by atoms with Gasteiger partial charge in [0.25, 0.3) is 5.91 Å². The number of hydrogen-bond donors (Lipinski definition) is 0. The maximum Gasteiger partial charge on any atom is 0.257 e. The molecule has 2 saturated heterocycles. The molecular formula is C26H29N3O. The molecule has 0 radical (unpaired) electrons. The maximum absolute atomic E-state index is 13.5. The third-order valence-corrected chi connectivity index (χ3v) is 6.61. The third-order valence-electron chi connectivity index (χ3n) is 6.61. The molecule has 0 atom stereocenters. The summed E-state index contributed by atoms with van der Waals surface area (Å²) in [6.45, 7) is 3.65. The van der Waals surface area contributed by atoms with Crippen LogP contribution in [0.2, 0.25) is 0 Å². The standard InChI is InChI=1S/C26H29N3O/c30-26(29-16-12-21(13-17-29)18-20-8-2-1-3-9-20)23-19-22-10-4-5-11-24(22)27-25(23)28-14-6-7-15-28/h1-5,8-11,19,21H,6-7,12-18H2. The first-order valence-corrected chi connectivity index (χ1v) is 11.3. The molecule has 4 nitrogen and oxygen atoms in total. The number of carbonyl (C=O) groups excluding carboxylic acids is 1. The largest absolute Gasteiger partial charge is 0.356 e. The van der Waals surface area contributed by atoms with Gasteiger partial charge in [0.15, 0.2) is 0 Å². The van der Waals surface area contributed by atoms with Crippen molar-refractivity contribution < 1.29 is 4.79 Å². The minimum atomic E-state index is 0.147. The molecule has 0 spiro atoms. The summed E-state index contributed by atoms with van der Waals surface area (Å²) in [6, 6.07) is 20.9. The molecule has 2 fully saturated rings. The van der Waals surface area contributed by atoms with Gasteiger partial charge in [-0.3, -0.25) is 4.79 Å². The number of hydrogen-bond acceptors (Lipinski definition) is 3. The van der Waals surface area contributed by atoms with Crippen molar-refractivity contribution in [2.45, 2.75) is 32.1 Å². The number of benzene rings is 2. The van der Waals surface area contributed by atoms with Gasteiger partial charge in [-0.05, 0) is 55.7 Å². The van der Waals surface area contributed by atoms with Crippen LogP contribution in [0.25, 0.3) is 10.9 Å². The highest BCUT2D eigenvalue weighted by molar-refractivity contribution is 6.02. The maximum atomic E-state index is 13.5. The number of pyridine rings is 1. The minimum Gasteiger partial charge on any atom is -0.356 e. The highest BCUT2D eigenvalue weighted by Crippen LogP contribution is 2.29. The lowest BCUT2D eigenvalue weighted by molar-refractivity contribution is 0.0691. The van der Waals surface area contributed by atoms with E-state index in [1.165, 1.54) is 18.4 Å². The summed E-state index contributed by atoms with van der Waals surface area (Å²) in [5.74, 6) is 1.68. The van der Waals surface area contributed by atoms with E-state index in [0.29, 0.717) is 5.92 Å². The lowest BCUT2D eigenvalue weighted by Crippen LogP contribution is -2.39. The Bertz CT molecular complexity index is 1020. The van der Waals surface area contributed by atoms with Crippen LogP contribution in [0.5, 0.6) is 0 Å². The first-order valence-electron chi connectivity index (χ1n) is 11.3. The summed E-state index contributed by atoms with van der Waals surface area (Å²) in [7, 11) is 0. The fraction of sp³-hybridized carbons (Fsp3) is 0.385. The van der Waals surface area contributed by atoms with Gasteiger partial charge in [0.2, 0.25) is 0 Å². The van der Waals surface area contributed by atoms with Crippen LogP contribution in [0, 0.1) is 5.92 Å². The summed E-state index contributed by atoms with van der Waals surface area (Å²) in [5, 5.41) is 1.04. The molecule has 5 rings (SSSR count). The predicted molar refractivity (Wildman–Crippen MR) is 122 cm³/mol. The predicted octanol–water partition coefficient (Wildman–Crippen LogP) is 4.93. The second-order valence-electron chi connectivity index (χ2n) is 8.67. The van der Waals surface area contributed by atoms with E-state index in [4.69, 9.17) is 4.98 Å². The molecule has 0 saturated carbocycles. The van der Waals surface area contributed by atoms with Gasteiger partial charge in [-0.2, -0.15) is 0 Å². The Balaban J connectivity index is 1.35. The second kappa shape index (κ2) is 8.47. The summed E-state index contributed by atoms with van der Waals surface area (Å²) >= 11 is 0. The van der Waals surface area contributed by atoms with E-state index < -0.39 is 0 Å². The number of rotatable bonds is 4. The first kappa shape index (κ1) is 19.1. The number of para-hydroxylation sites is 1. The Labute approximate surface area is 178 Å². The second-order valence-corrected chi connectivity index (χ2v) is 8.67. The molecule has 2 aromatic carbocycles. The quantitative estimate of drug-likeness (QED) is 0.624. The van der Waals surface area contributed by atoms with E-state index >= 15 is 0 Å². The Hall–Kier alpha value is -2.88. The van der Waals surface area contributed by atoms with E-state index in [2.05, 4.69) is 47.4 Å². The molecule has 0 bridgehead atoms. The number of fused-ring (bicyclic) bond motifs is 1. The lowest BCUT2D eigenvalue weighted by Gasteiger charge is -2.33. The Morgan fingerprint density at radius 3 is 2.37 bits per heavy atom. The monoisotopic (exact) mass is 399 g/mol. The van der Waals surface area contributed by atoms with Gasteiger partial charge in [0, 0.05) is 31.6 Å². The van der Waals surface area contributed by atoms with E-state index in [1.807, 2.05) is 23.1 Å². The average Bonchev–Trinajstić information content (AvgIpc) is 3.34. The SMILES string of the molecule is O=C(c1cc2ccccc2nc1N1CCCC1)N1CCC(Cc2ccccc2)CC1. The van der Waals surface area contributed by atoms with Crippen molar-refractivity contribution in [1.82, 2.24) is 9.88 Å². The number of anilines is 1. The summed E-state index contributed by atoms with van der Waals surface area (Å²) in [4.78, 5) is 22.8. The molecule has 2 aliphatic heterocycles. The van der Waals surface area contributed by atoms with Crippen LogP contribution in [0.1, 0.15) is 41.6 Å². The van der Waals surface area contributed by atoms with Crippen LogP contribution < -0.4 is 4.90 Å². The van der Waals surface area contributed by atoms with Crippen molar-refractivity contribution in [3.05, 3.63) is 71.8 Å². The number of carbonyl (C=O) groups is 1. The first-order chi connectivity index (χ1) is 14.8. The molecule has 3 aromatic rings. The lowest BCUT2D eigenvalue weighted by atomic mass is 9.90. The summed E-state index contributed by atoms with van der Waals surface area (Å²) in [5.41, 5.74) is 3.15. The fourth-order valence-corrected chi connectivity index (χ4v) is 4.89. The van der Waals surface area contributed by atoms with Crippen LogP contribution in [-0.4, -0.2) is 42.0 Å². The van der Waals surface area contributed by atoms with Crippen molar-refractivity contribution >= 4 is 22.6 Å². The molecule has 0 N–H and O–H groups in total. The smallest absolute Gasteiger partial charge is 0.257 e. The highest BCUT2D eigenvalue weighted by atomic mass is 16.2. The van der Waals surface area contributed by atoms with Crippen molar-refractivity contribution in [2.75, 3.05) is 31.1 Å². The van der Waals surface area contributed by atoms with Crippen molar-refractivity contribution in [2.24, 2.45) is 5.92 Å². The zero-order valence-corrected chi connectivity index (χ0v) is 17.5. The van der Waals surface area contributed by atoms with Crippen LogP contribution in [-0.2, 0) is 6.42 Å². The Morgan fingerprint density at radius 1 is 0.900 bits per heavy atom. The topological polar surface area (TPSA) is 36.4 Å². The van der Waals surface area contributed by atoms with Gasteiger partial charge in [0.05, 0.1) is 11.1 Å². The fourth-order valence-electron chi connectivity index (χ4n) is 4.89. The molecule has 30 heavy (non-hydrogen) atoms. The van der Waals surface area contributed by atoms with E-state index in [-0.39, 0.29) is 5.91 Å². The minimum absolute atomic E-state index is 0.147. The molecule has 154 valence electrons. The van der Waals surface area contributed by atoms with Crippen LogP contribution in [0.4, 0.5) is 5.82 Å². The van der Waals surface area contributed by atoms with Crippen LogP contribution in [0.15, 0.2) is 60.7 Å². The molecule has 1 amide bonds. The van der Waals surface area contributed by atoms with Gasteiger partial charge < -0.3 is 9.80 Å². The number of nitrogens with zero attached hydrogens (tertiary/aromatic N) is 3. The normalized spacial score (nSPS) is 17.6. The number of amides is 1. The molecule has 2 aliphatic rings. The molecular weight excluding hydrogens is 370 g/mol. The number of likely N-dealkylation sites (tertiary alicyclic amines) is 1. The zero-order valence-electron chi connectivity index (χ0n) is 17.5. The van der Waals surface area contributed by atoms with E-state index in [0.717, 1.165) is 67.7 Å². The Kier molecular flexibility index (Phi) is 5.39. The van der Waals surface area contributed by atoms with Gasteiger partial charge in [-0.25, -0.2) is 4.98 Å².